The average Bonchev–Trinajstić information content (AvgIpc) is 2.53. The molecule has 1 aliphatic heterocycles. The minimum absolute atomic E-state index is 0. The van der Waals surface area contributed by atoms with Gasteiger partial charge in [-0.25, -0.2) is 9.78 Å². The molecule has 2 N–H and O–H groups in total. The Morgan fingerprint density at radius 1 is 1.52 bits per heavy atom. The Labute approximate surface area is 128 Å². The van der Waals surface area contributed by atoms with Gasteiger partial charge in [-0.2, -0.15) is 0 Å². The third kappa shape index (κ3) is 4.96. The average molecular weight is 316 g/mol. The van der Waals surface area contributed by atoms with E-state index in [1.165, 1.54) is 13.3 Å². The number of aromatic nitrogens is 1. The van der Waals surface area contributed by atoms with Gasteiger partial charge in [-0.05, 0) is 11.6 Å². The summed E-state index contributed by atoms with van der Waals surface area (Å²) in [6.45, 7) is 2.03. The second-order valence-corrected chi connectivity index (χ2v) is 4.34. The minimum Gasteiger partial charge on any atom is -0.464 e. The van der Waals surface area contributed by atoms with E-state index in [1.54, 1.807) is 12.1 Å². The fourth-order valence-electron chi connectivity index (χ4n) is 1.80. The predicted octanol–water partition coefficient (Wildman–Crippen LogP) is -0.105. The van der Waals surface area contributed by atoms with Crippen molar-refractivity contribution in [2.24, 2.45) is 0 Å². The quantitative estimate of drug-likeness (QED) is 0.754. The molecule has 2 heterocycles. The number of ether oxygens (including phenoxy) is 2. The van der Waals surface area contributed by atoms with E-state index in [4.69, 9.17) is 4.74 Å². The van der Waals surface area contributed by atoms with E-state index in [-0.39, 0.29) is 30.0 Å². The fraction of sp³-hybridized carbons (Fsp3) is 0.462. The Morgan fingerprint density at radius 2 is 2.33 bits per heavy atom. The number of carbonyl (C=O) groups is 2. The topological polar surface area (TPSA) is 89.5 Å². The van der Waals surface area contributed by atoms with Crippen LogP contribution >= 0.6 is 12.4 Å². The van der Waals surface area contributed by atoms with Gasteiger partial charge in [0.2, 0.25) is 5.91 Å². The maximum Gasteiger partial charge on any atom is 0.356 e. The number of morpholine rings is 1. The molecule has 1 aliphatic rings. The molecule has 1 aromatic heterocycles. The van der Waals surface area contributed by atoms with Crippen LogP contribution in [0.1, 0.15) is 16.1 Å². The molecular formula is C13H18ClN3O4. The van der Waals surface area contributed by atoms with Crippen LogP contribution in [0.5, 0.6) is 0 Å². The maximum atomic E-state index is 11.8. The molecule has 1 atom stereocenters. The Hall–Kier alpha value is -1.70. The van der Waals surface area contributed by atoms with Crippen molar-refractivity contribution in [3.8, 4) is 0 Å². The second-order valence-electron chi connectivity index (χ2n) is 4.34. The molecule has 8 heteroatoms. The summed E-state index contributed by atoms with van der Waals surface area (Å²) in [5, 5.41) is 5.87. The van der Waals surface area contributed by atoms with Crippen LogP contribution in [-0.4, -0.2) is 49.8 Å². The Bertz CT molecular complexity index is 475. The first kappa shape index (κ1) is 17.4. The van der Waals surface area contributed by atoms with E-state index < -0.39 is 5.97 Å². The van der Waals surface area contributed by atoms with E-state index in [9.17, 15) is 9.59 Å². The Morgan fingerprint density at radius 3 is 2.90 bits per heavy atom. The monoisotopic (exact) mass is 315 g/mol. The number of nitrogens with one attached hydrogen (secondary N) is 2. The molecule has 0 bridgehead atoms. The standard InChI is InChI=1S/C13H17N3O4.ClH/c1-19-13(18)10-3-2-9(6-15-10)7-16-12(17)11-8-20-5-4-14-11;/h2-3,6,11,14H,4-5,7-8H2,1H3,(H,16,17);1H/t11-;/m1./s1. The van der Waals surface area contributed by atoms with E-state index in [1.807, 2.05) is 0 Å². The lowest BCUT2D eigenvalue weighted by molar-refractivity contribution is -0.126. The van der Waals surface area contributed by atoms with Crippen LogP contribution in [0.3, 0.4) is 0 Å². The first-order valence-corrected chi connectivity index (χ1v) is 6.33. The summed E-state index contributed by atoms with van der Waals surface area (Å²) < 4.78 is 9.78. The SMILES string of the molecule is COC(=O)c1ccc(CNC(=O)[C@H]2COCCN2)cn1.Cl. The lowest BCUT2D eigenvalue weighted by Crippen LogP contribution is -2.51. The summed E-state index contributed by atoms with van der Waals surface area (Å²) >= 11 is 0. The lowest BCUT2D eigenvalue weighted by atomic mass is 10.2. The zero-order valence-electron chi connectivity index (χ0n) is 11.6. The van der Waals surface area contributed by atoms with Crippen molar-refractivity contribution in [2.45, 2.75) is 12.6 Å². The third-order valence-corrected chi connectivity index (χ3v) is 2.92. The zero-order chi connectivity index (χ0) is 14.4. The van der Waals surface area contributed by atoms with Crippen LogP contribution in [-0.2, 0) is 20.8 Å². The summed E-state index contributed by atoms with van der Waals surface area (Å²) in [5.41, 5.74) is 1.05. The van der Waals surface area contributed by atoms with Gasteiger partial charge in [0.05, 0.1) is 20.3 Å². The van der Waals surface area contributed by atoms with Crippen LogP contribution in [0, 0.1) is 0 Å². The van der Waals surface area contributed by atoms with Gasteiger partial charge in [-0.1, -0.05) is 6.07 Å². The maximum absolute atomic E-state index is 11.8. The van der Waals surface area contributed by atoms with Crippen molar-refractivity contribution in [3.63, 3.8) is 0 Å². The highest BCUT2D eigenvalue weighted by Gasteiger charge is 2.20. The molecule has 0 spiro atoms. The van der Waals surface area contributed by atoms with Crippen molar-refractivity contribution in [3.05, 3.63) is 29.6 Å². The van der Waals surface area contributed by atoms with E-state index >= 15 is 0 Å². The van der Waals surface area contributed by atoms with Crippen LogP contribution < -0.4 is 10.6 Å². The zero-order valence-corrected chi connectivity index (χ0v) is 12.4. The van der Waals surface area contributed by atoms with Crippen LogP contribution in [0.2, 0.25) is 0 Å². The number of halogens is 1. The van der Waals surface area contributed by atoms with Crippen molar-refractivity contribution in [1.82, 2.24) is 15.6 Å². The van der Waals surface area contributed by atoms with E-state index in [2.05, 4.69) is 20.4 Å². The summed E-state index contributed by atoms with van der Waals surface area (Å²) in [5.74, 6) is -0.592. The molecule has 1 saturated heterocycles. The van der Waals surface area contributed by atoms with Gasteiger partial charge in [-0.15, -0.1) is 12.4 Å². The van der Waals surface area contributed by atoms with Gasteiger partial charge < -0.3 is 20.1 Å². The van der Waals surface area contributed by atoms with E-state index in [0.29, 0.717) is 26.3 Å². The molecule has 0 saturated carbocycles. The molecule has 116 valence electrons. The number of pyridine rings is 1. The molecule has 1 amide bonds. The Balaban J connectivity index is 0.00000220. The largest absolute Gasteiger partial charge is 0.464 e. The Kier molecular flexibility index (Phi) is 7.07. The normalized spacial score (nSPS) is 17.5. The van der Waals surface area contributed by atoms with Gasteiger partial charge in [-0.3, -0.25) is 4.79 Å². The van der Waals surface area contributed by atoms with Gasteiger partial charge in [0.15, 0.2) is 0 Å². The first-order chi connectivity index (χ1) is 9.70. The molecule has 21 heavy (non-hydrogen) atoms. The number of esters is 1. The molecule has 1 aromatic rings. The van der Waals surface area contributed by atoms with Gasteiger partial charge in [0, 0.05) is 19.3 Å². The van der Waals surface area contributed by atoms with Crippen molar-refractivity contribution in [1.29, 1.82) is 0 Å². The summed E-state index contributed by atoms with van der Waals surface area (Å²) in [6, 6.07) is 2.98. The molecule has 0 aliphatic carbocycles. The third-order valence-electron chi connectivity index (χ3n) is 2.92. The number of rotatable bonds is 4. The molecular weight excluding hydrogens is 298 g/mol. The second kappa shape index (κ2) is 8.56. The fourth-order valence-corrected chi connectivity index (χ4v) is 1.80. The highest BCUT2D eigenvalue weighted by Crippen LogP contribution is 2.02. The molecule has 7 nitrogen and oxygen atoms in total. The van der Waals surface area contributed by atoms with E-state index in [0.717, 1.165) is 5.56 Å². The minimum atomic E-state index is -0.482. The van der Waals surface area contributed by atoms with Crippen molar-refractivity contribution in [2.75, 3.05) is 26.9 Å². The molecule has 0 unspecified atom stereocenters. The molecule has 2 rings (SSSR count). The molecule has 1 fully saturated rings. The van der Waals surface area contributed by atoms with Gasteiger partial charge in [0.1, 0.15) is 11.7 Å². The number of amides is 1. The summed E-state index contributed by atoms with van der Waals surface area (Å²) in [7, 11) is 1.30. The van der Waals surface area contributed by atoms with Gasteiger partial charge >= 0.3 is 5.97 Å². The predicted molar refractivity (Wildman–Crippen MR) is 77.3 cm³/mol. The van der Waals surface area contributed by atoms with Crippen LogP contribution in [0.15, 0.2) is 18.3 Å². The number of carbonyl (C=O) groups excluding carboxylic acids is 2. The summed E-state index contributed by atoms with van der Waals surface area (Å²) in [4.78, 5) is 27.0. The smallest absolute Gasteiger partial charge is 0.356 e. The van der Waals surface area contributed by atoms with Gasteiger partial charge in [0.25, 0.3) is 0 Å². The van der Waals surface area contributed by atoms with Crippen molar-refractivity contribution >= 4 is 24.3 Å². The molecule has 0 radical (unpaired) electrons. The van der Waals surface area contributed by atoms with Crippen LogP contribution in [0.4, 0.5) is 0 Å². The van der Waals surface area contributed by atoms with Crippen LogP contribution in [0.25, 0.3) is 0 Å². The number of hydrogen-bond donors (Lipinski definition) is 2. The highest BCUT2D eigenvalue weighted by atomic mass is 35.5. The summed E-state index contributed by atoms with van der Waals surface area (Å²) in [6.07, 6.45) is 1.54. The highest BCUT2D eigenvalue weighted by molar-refractivity contribution is 5.87. The lowest BCUT2D eigenvalue weighted by Gasteiger charge is -2.22. The number of hydrogen-bond acceptors (Lipinski definition) is 6. The molecule has 0 aromatic carbocycles. The van der Waals surface area contributed by atoms with Crippen molar-refractivity contribution < 1.29 is 19.1 Å². The number of nitrogens with zero attached hydrogens (tertiary/aromatic N) is 1. The first-order valence-electron chi connectivity index (χ1n) is 6.33. The number of methoxy groups -OCH3 is 1.